The van der Waals surface area contributed by atoms with Crippen LogP contribution in [0.15, 0.2) is 42.6 Å². The molecule has 0 unspecified atom stereocenters. The van der Waals surface area contributed by atoms with Gasteiger partial charge in [0.25, 0.3) is 0 Å². The first kappa shape index (κ1) is 16.5. The van der Waals surface area contributed by atoms with E-state index in [2.05, 4.69) is 11.1 Å². The third-order valence-electron chi connectivity index (χ3n) is 4.32. The van der Waals surface area contributed by atoms with E-state index >= 15 is 0 Å². The Morgan fingerprint density at radius 3 is 2.50 bits per heavy atom. The Hall–Kier alpha value is -2.95. The maximum atomic E-state index is 5.73. The Morgan fingerprint density at radius 1 is 0.923 bits per heavy atom. The van der Waals surface area contributed by atoms with Gasteiger partial charge in [-0.15, -0.1) is 0 Å². The molecule has 3 aromatic rings. The maximum Gasteiger partial charge on any atom is 0.231 e. The van der Waals surface area contributed by atoms with Crippen molar-refractivity contribution in [2.45, 2.75) is 20.3 Å². The predicted octanol–water partition coefficient (Wildman–Crippen LogP) is 4.35. The molecule has 0 saturated heterocycles. The first-order valence-corrected chi connectivity index (χ1v) is 8.84. The largest absolute Gasteiger partial charge is 0.490 e. The SMILES string of the molecule is CCOc1ccc(Cc2nccc3cc4c(cc23)OCO4)cc1OCC. The summed E-state index contributed by atoms with van der Waals surface area (Å²) in [6.45, 7) is 5.41. The Bertz CT molecular complexity index is 939. The molecule has 0 spiro atoms. The molecule has 0 fully saturated rings. The fourth-order valence-corrected chi connectivity index (χ4v) is 3.16. The number of benzene rings is 2. The number of ether oxygens (including phenoxy) is 4. The maximum absolute atomic E-state index is 5.73. The standard InChI is InChI=1S/C21H21NO4/c1-3-23-18-6-5-14(10-19(18)24-4-2)9-17-16-12-21-20(25-13-26-21)11-15(16)7-8-22-17/h5-8,10-12H,3-4,9,13H2,1-2H3. The van der Waals surface area contributed by atoms with Crippen molar-refractivity contribution in [3.63, 3.8) is 0 Å². The summed E-state index contributed by atoms with van der Waals surface area (Å²) < 4.78 is 22.4. The third kappa shape index (κ3) is 3.12. The smallest absolute Gasteiger partial charge is 0.231 e. The molecule has 2 heterocycles. The molecule has 5 heteroatoms. The normalized spacial score (nSPS) is 12.4. The molecular formula is C21H21NO4. The van der Waals surface area contributed by atoms with Crippen molar-refractivity contribution in [3.8, 4) is 23.0 Å². The van der Waals surface area contributed by atoms with Gasteiger partial charge in [0.2, 0.25) is 6.79 Å². The van der Waals surface area contributed by atoms with Gasteiger partial charge in [-0.25, -0.2) is 0 Å². The van der Waals surface area contributed by atoms with Crippen LogP contribution < -0.4 is 18.9 Å². The molecule has 1 aliphatic heterocycles. The fourth-order valence-electron chi connectivity index (χ4n) is 3.16. The molecule has 1 aromatic heterocycles. The van der Waals surface area contributed by atoms with Crippen LogP contribution in [0.4, 0.5) is 0 Å². The quantitative estimate of drug-likeness (QED) is 0.661. The van der Waals surface area contributed by atoms with Crippen molar-refractivity contribution in [1.29, 1.82) is 0 Å². The molecule has 4 rings (SSSR count). The first-order valence-electron chi connectivity index (χ1n) is 8.84. The Labute approximate surface area is 152 Å². The highest BCUT2D eigenvalue weighted by Gasteiger charge is 2.16. The van der Waals surface area contributed by atoms with Crippen molar-refractivity contribution in [2.75, 3.05) is 20.0 Å². The summed E-state index contributed by atoms with van der Waals surface area (Å²) in [6.07, 6.45) is 2.53. The van der Waals surface area contributed by atoms with Gasteiger partial charge in [-0.3, -0.25) is 4.98 Å². The molecule has 5 nitrogen and oxygen atoms in total. The molecular weight excluding hydrogens is 330 g/mol. The number of aromatic nitrogens is 1. The molecule has 0 N–H and O–H groups in total. The molecule has 26 heavy (non-hydrogen) atoms. The zero-order chi connectivity index (χ0) is 17.9. The Balaban J connectivity index is 1.70. The van der Waals surface area contributed by atoms with E-state index in [1.54, 1.807) is 0 Å². The third-order valence-corrected chi connectivity index (χ3v) is 4.32. The van der Waals surface area contributed by atoms with Crippen LogP contribution in [0.1, 0.15) is 25.1 Å². The van der Waals surface area contributed by atoms with E-state index in [-0.39, 0.29) is 6.79 Å². The predicted molar refractivity (Wildman–Crippen MR) is 99.5 cm³/mol. The number of hydrogen-bond acceptors (Lipinski definition) is 5. The van der Waals surface area contributed by atoms with Gasteiger partial charge in [-0.1, -0.05) is 6.07 Å². The van der Waals surface area contributed by atoms with Crippen LogP contribution in [0.2, 0.25) is 0 Å². The molecule has 0 bridgehead atoms. The molecule has 1 aliphatic rings. The highest BCUT2D eigenvalue weighted by molar-refractivity contribution is 5.88. The topological polar surface area (TPSA) is 49.8 Å². The van der Waals surface area contributed by atoms with Crippen LogP contribution in [0.3, 0.4) is 0 Å². The number of fused-ring (bicyclic) bond motifs is 2. The molecule has 2 aromatic carbocycles. The van der Waals surface area contributed by atoms with Gasteiger partial charge in [-0.2, -0.15) is 0 Å². The highest BCUT2D eigenvalue weighted by Crippen LogP contribution is 2.37. The van der Waals surface area contributed by atoms with E-state index in [1.807, 2.05) is 50.4 Å². The highest BCUT2D eigenvalue weighted by atomic mass is 16.7. The van der Waals surface area contributed by atoms with Gasteiger partial charge in [0.1, 0.15) is 0 Å². The van der Waals surface area contributed by atoms with Gasteiger partial charge in [-0.05, 0) is 55.1 Å². The van der Waals surface area contributed by atoms with E-state index < -0.39 is 0 Å². The number of rotatable bonds is 6. The van der Waals surface area contributed by atoms with Gasteiger partial charge in [0.05, 0.1) is 18.9 Å². The zero-order valence-electron chi connectivity index (χ0n) is 15.0. The summed E-state index contributed by atoms with van der Waals surface area (Å²) >= 11 is 0. The summed E-state index contributed by atoms with van der Waals surface area (Å²) in [5.41, 5.74) is 2.11. The van der Waals surface area contributed by atoms with Gasteiger partial charge in [0.15, 0.2) is 23.0 Å². The van der Waals surface area contributed by atoms with E-state index in [4.69, 9.17) is 18.9 Å². The minimum Gasteiger partial charge on any atom is -0.490 e. The molecule has 0 amide bonds. The van der Waals surface area contributed by atoms with Gasteiger partial charge < -0.3 is 18.9 Å². The lowest BCUT2D eigenvalue weighted by Gasteiger charge is -2.13. The number of pyridine rings is 1. The fraction of sp³-hybridized carbons (Fsp3) is 0.286. The van der Waals surface area contributed by atoms with Crippen molar-refractivity contribution in [3.05, 3.63) is 53.9 Å². The molecule has 0 aliphatic carbocycles. The second-order valence-corrected chi connectivity index (χ2v) is 6.01. The van der Waals surface area contributed by atoms with Crippen molar-refractivity contribution >= 4 is 10.8 Å². The van der Waals surface area contributed by atoms with Crippen molar-refractivity contribution < 1.29 is 18.9 Å². The number of nitrogens with zero attached hydrogens (tertiary/aromatic N) is 1. The Morgan fingerprint density at radius 2 is 1.69 bits per heavy atom. The van der Waals surface area contributed by atoms with E-state index in [0.29, 0.717) is 19.6 Å². The Kier molecular flexibility index (Phi) is 4.52. The van der Waals surface area contributed by atoms with E-state index in [9.17, 15) is 0 Å². The van der Waals surface area contributed by atoms with Crippen LogP contribution in [0.25, 0.3) is 10.8 Å². The molecule has 134 valence electrons. The lowest BCUT2D eigenvalue weighted by atomic mass is 10.0. The van der Waals surface area contributed by atoms with Crippen LogP contribution in [0.5, 0.6) is 23.0 Å². The average Bonchev–Trinajstić information content (AvgIpc) is 3.10. The lowest BCUT2D eigenvalue weighted by molar-refractivity contribution is 0.174. The summed E-state index contributed by atoms with van der Waals surface area (Å²) in [7, 11) is 0. The first-order chi connectivity index (χ1) is 12.8. The molecule has 0 radical (unpaired) electrons. The van der Waals surface area contributed by atoms with Crippen molar-refractivity contribution in [1.82, 2.24) is 4.98 Å². The average molecular weight is 351 g/mol. The van der Waals surface area contributed by atoms with Crippen molar-refractivity contribution in [2.24, 2.45) is 0 Å². The second-order valence-electron chi connectivity index (χ2n) is 6.01. The lowest BCUT2D eigenvalue weighted by Crippen LogP contribution is -2.00. The molecule has 0 atom stereocenters. The summed E-state index contributed by atoms with van der Waals surface area (Å²) in [5, 5.41) is 2.17. The second kappa shape index (κ2) is 7.12. The van der Waals surface area contributed by atoms with Crippen LogP contribution >= 0.6 is 0 Å². The summed E-state index contributed by atoms with van der Waals surface area (Å²) in [5.74, 6) is 3.10. The van der Waals surface area contributed by atoms with Crippen LogP contribution in [-0.2, 0) is 6.42 Å². The molecule has 0 saturated carbocycles. The minimum atomic E-state index is 0.269. The monoisotopic (exact) mass is 351 g/mol. The minimum absolute atomic E-state index is 0.269. The van der Waals surface area contributed by atoms with E-state index in [0.717, 1.165) is 45.0 Å². The summed E-state index contributed by atoms with van der Waals surface area (Å²) in [4.78, 5) is 4.59. The van der Waals surface area contributed by atoms with Crippen LogP contribution in [0, 0.1) is 0 Å². The summed E-state index contributed by atoms with van der Waals surface area (Å²) in [6, 6.07) is 12.1. The van der Waals surface area contributed by atoms with Gasteiger partial charge >= 0.3 is 0 Å². The van der Waals surface area contributed by atoms with E-state index in [1.165, 1.54) is 0 Å². The zero-order valence-corrected chi connectivity index (χ0v) is 15.0. The van der Waals surface area contributed by atoms with Gasteiger partial charge in [0, 0.05) is 18.0 Å². The van der Waals surface area contributed by atoms with Crippen LogP contribution in [-0.4, -0.2) is 25.0 Å². The number of hydrogen-bond donors (Lipinski definition) is 0.